The Kier molecular flexibility index (Phi) is 5.48. The summed E-state index contributed by atoms with van der Waals surface area (Å²) in [4.78, 5) is 23.1. The van der Waals surface area contributed by atoms with Crippen molar-refractivity contribution in [1.29, 1.82) is 0 Å². The number of methoxy groups -OCH3 is 2. The van der Waals surface area contributed by atoms with Gasteiger partial charge < -0.3 is 20.1 Å². The van der Waals surface area contributed by atoms with Gasteiger partial charge in [0, 0.05) is 41.5 Å². The Morgan fingerprint density at radius 3 is 2.56 bits per heavy atom. The number of aryl methyl sites for hydroxylation is 2. The molecule has 0 unspecified atom stereocenters. The van der Waals surface area contributed by atoms with Crippen molar-refractivity contribution in [2.45, 2.75) is 32.6 Å². The minimum absolute atomic E-state index is 0.0823. The second-order valence-corrected chi connectivity index (χ2v) is 6.84. The zero-order chi connectivity index (χ0) is 19.6. The highest BCUT2D eigenvalue weighted by Crippen LogP contribution is 2.36. The van der Waals surface area contributed by atoms with Gasteiger partial charge in [0.15, 0.2) is 0 Å². The number of nitrogens with zero attached hydrogens (tertiary/aromatic N) is 3. The van der Waals surface area contributed by atoms with Gasteiger partial charge >= 0.3 is 0 Å². The lowest BCUT2D eigenvalue weighted by molar-refractivity contribution is -0.129. The summed E-state index contributed by atoms with van der Waals surface area (Å²) < 4.78 is 10.8. The van der Waals surface area contributed by atoms with Crippen LogP contribution in [0.15, 0.2) is 18.2 Å². The van der Waals surface area contributed by atoms with Crippen LogP contribution in [0.1, 0.15) is 34.9 Å². The lowest BCUT2D eigenvalue weighted by Crippen LogP contribution is -2.30. The molecule has 1 aliphatic rings. The van der Waals surface area contributed by atoms with Gasteiger partial charge in [-0.3, -0.25) is 4.79 Å². The predicted octanol–water partition coefficient (Wildman–Crippen LogP) is 2.25. The van der Waals surface area contributed by atoms with Crippen LogP contribution in [0.4, 0.5) is 5.95 Å². The van der Waals surface area contributed by atoms with E-state index in [0.717, 1.165) is 47.0 Å². The second-order valence-electron chi connectivity index (χ2n) is 6.84. The van der Waals surface area contributed by atoms with Crippen molar-refractivity contribution in [2.75, 3.05) is 33.0 Å². The van der Waals surface area contributed by atoms with Crippen molar-refractivity contribution in [2.24, 2.45) is 0 Å². The van der Waals surface area contributed by atoms with Crippen LogP contribution in [-0.4, -0.2) is 48.1 Å². The van der Waals surface area contributed by atoms with E-state index in [1.165, 1.54) is 0 Å². The van der Waals surface area contributed by atoms with Crippen molar-refractivity contribution in [3.63, 3.8) is 0 Å². The van der Waals surface area contributed by atoms with Crippen LogP contribution in [0.5, 0.6) is 11.5 Å². The maximum absolute atomic E-state index is 12.8. The van der Waals surface area contributed by atoms with E-state index in [4.69, 9.17) is 15.2 Å². The van der Waals surface area contributed by atoms with Crippen LogP contribution in [0, 0.1) is 13.8 Å². The number of carbonyl (C=O) groups is 1. The molecule has 3 rings (SSSR count). The van der Waals surface area contributed by atoms with E-state index in [1.54, 1.807) is 14.2 Å². The molecular formula is C20H26N4O3. The third kappa shape index (κ3) is 3.97. The van der Waals surface area contributed by atoms with Crippen LogP contribution in [0.3, 0.4) is 0 Å². The predicted molar refractivity (Wildman–Crippen MR) is 103 cm³/mol. The van der Waals surface area contributed by atoms with Gasteiger partial charge in [-0.15, -0.1) is 0 Å². The highest BCUT2D eigenvalue weighted by atomic mass is 16.5. The standard InChI is InChI=1S/C20H26N4O3/c1-12-16(13(2)23-20(21)22-12)10-19(25)24-8-7-14(11-24)17-9-15(26-3)5-6-18(17)27-4/h5-6,9,14H,7-8,10-11H2,1-4H3,(H2,21,22,23)/t14-/m1/s1. The van der Waals surface area contributed by atoms with Crippen LogP contribution < -0.4 is 15.2 Å². The van der Waals surface area contributed by atoms with Crippen molar-refractivity contribution < 1.29 is 14.3 Å². The van der Waals surface area contributed by atoms with E-state index in [2.05, 4.69) is 9.97 Å². The van der Waals surface area contributed by atoms with Crippen LogP contribution in [0.25, 0.3) is 0 Å². The first-order chi connectivity index (χ1) is 12.9. The van der Waals surface area contributed by atoms with E-state index in [0.29, 0.717) is 13.0 Å². The molecule has 2 N–H and O–H groups in total. The van der Waals surface area contributed by atoms with Gasteiger partial charge in [-0.2, -0.15) is 0 Å². The number of hydrogen-bond acceptors (Lipinski definition) is 6. The topological polar surface area (TPSA) is 90.6 Å². The summed E-state index contributed by atoms with van der Waals surface area (Å²) >= 11 is 0. The third-order valence-electron chi connectivity index (χ3n) is 5.18. The number of ether oxygens (including phenoxy) is 2. The van der Waals surface area contributed by atoms with Gasteiger partial charge in [0.1, 0.15) is 11.5 Å². The molecule has 1 amide bonds. The highest BCUT2D eigenvalue weighted by molar-refractivity contribution is 5.79. The van der Waals surface area contributed by atoms with Crippen molar-refractivity contribution >= 4 is 11.9 Å². The van der Waals surface area contributed by atoms with E-state index >= 15 is 0 Å². The normalized spacial score (nSPS) is 16.4. The summed E-state index contributed by atoms with van der Waals surface area (Å²) in [6.07, 6.45) is 1.19. The van der Waals surface area contributed by atoms with E-state index in [1.807, 2.05) is 36.9 Å². The summed E-state index contributed by atoms with van der Waals surface area (Å²) in [6.45, 7) is 5.11. The zero-order valence-electron chi connectivity index (χ0n) is 16.3. The number of likely N-dealkylation sites (tertiary alicyclic amines) is 1. The maximum Gasteiger partial charge on any atom is 0.227 e. The number of hydrogen-bond donors (Lipinski definition) is 1. The molecule has 0 saturated carbocycles. The summed E-state index contributed by atoms with van der Waals surface area (Å²) in [7, 11) is 3.31. The summed E-state index contributed by atoms with van der Waals surface area (Å²) in [5.41, 5.74) is 9.14. The molecule has 1 aromatic carbocycles. The molecule has 2 aromatic rings. The molecule has 0 spiro atoms. The fourth-order valence-electron chi connectivity index (χ4n) is 3.68. The SMILES string of the molecule is COc1ccc(OC)c([C@@H]2CCN(C(=O)Cc3c(C)nc(N)nc3C)C2)c1. The number of nitrogen functional groups attached to an aromatic ring is 1. The van der Waals surface area contributed by atoms with Crippen molar-refractivity contribution in [3.05, 3.63) is 40.7 Å². The quantitative estimate of drug-likeness (QED) is 0.868. The number of aromatic nitrogens is 2. The van der Waals surface area contributed by atoms with Crippen LogP contribution in [-0.2, 0) is 11.2 Å². The Labute approximate surface area is 159 Å². The molecule has 1 saturated heterocycles. The van der Waals surface area contributed by atoms with Gasteiger partial charge in [0.2, 0.25) is 11.9 Å². The van der Waals surface area contributed by atoms with Crippen LogP contribution >= 0.6 is 0 Å². The molecule has 1 aliphatic heterocycles. The summed E-state index contributed by atoms with van der Waals surface area (Å²) in [5, 5.41) is 0. The number of carbonyl (C=O) groups excluding carboxylic acids is 1. The van der Waals surface area contributed by atoms with Gasteiger partial charge in [-0.05, 0) is 38.5 Å². The second kappa shape index (κ2) is 7.82. The molecule has 1 aromatic heterocycles. The molecule has 0 bridgehead atoms. The summed E-state index contributed by atoms with van der Waals surface area (Å²) in [5.74, 6) is 2.17. The first kappa shape index (κ1) is 18.9. The van der Waals surface area contributed by atoms with Gasteiger partial charge in [0.05, 0.1) is 20.6 Å². The first-order valence-corrected chi connectivity index (χ1v) is 9.02. The average Bonchev–Trinajstić information content (AvgIpc) is 3.14. The van der Waals surface area contributed by atoms with Gasteiger partial charge in [0.25, 0.3) is 0 Å². The van der Waals surface area contributed by atoms with E-state index in [9.17, 15) is 4.79 Å². The lowest BCUT2D eigenvalue weighted by atomic mass is 9.97. The number of rotatable bonds is 5. The minimum Gasteiger partial charge on any atom is -0.497 e. The Morgan fingerprint density at radius 2 is 1.93 bits per heavy atom. The lowest BCUT2D eigenvalue weighted by Gasteiger charge is -2.19. The number of nitrogens with two attached hydrogens (primary N) is 1. The fourth-order valence-corrected chi connectivity index (χ4v) is 3.68. The molecule has 1 atom stereocenters. The Bertz CT molecular complexity index is 830. The van der Waals surface area contributed by atoms with Crippen molar-refractivity contribution in [3.8, 4) is 11.5 Å². The molecule has 1 fully saturated rings. The largest absolute Gasteiger partial charge is 0.497 e. The van der Waals surface area contributed by atoms with Crippen molar-refractivity contribution in [1.82, 2.24) is 14.9 Å². The molecule has 0 aliphatic carbocycles. The number of amides is 1. The molecule has 7 heteroatoms. The highest BCUT2D eigenvalue weighted by Gasteiger charge is 2.30. The Hall–Kier alpha value is -2.83. The molecular weight excluding hydrogens is 344 g/mol. The first-order valence-electron chi connectivity index (χ1n) is 9.02. The molecule has 0 radical (unpaired) electrons. The maximum atomic E-state index is 12.8. The molecule has 27 heavy (non-hydrogen) atoms. The fraction of sp³-hybridized carbons (Fsp3) is 0.450. The number of benzene rings is 1. The van der Waals surface area contributed by atoms with Crippen LogP contribution in [0.2, 0.25) is 0 Å². The van der Waals surface area contributed by atoms with E-state index in [-0.39, 0.29) is 17.8 Å². The van der Waals surface area contributed by atoms with Gasteiger partial charge in [-0.1, -0.05) is 0 Å². The third-order valence-corrected chi connectivity index (χ3v) is 5.18. The monoisotopic (exact) mass is 370 g/mol. The smallest absolute Gasteiger partial charge is 0.227 e. The zero-order valence-corrected chi connectivity index (χ0v) is 16.3. The molecule has 2 heterocycles. The molecule has 144 valence electrons. The number of anilines is 1. The summed E-state index contributed by atoms with van der Waals surface area (Å²) in [6, 6.07) is 5.80. The average molecular weight is 370 g/mol. The Balaban J connectivity index is 1.74. The Morgan fingerprint density at radius 1 is 1.22 bits per heavy atom. The van der Waals surface area contributed by atoms with E-state index < -0.39 is 0 Å². The van der Waals surface area contributed by atoms with Gasteiger partial charge in [-0.25, -0.2) is 9.97 Å². The minimum atomic E-state index is 0.0823. The molecule has 7 nitrogen and oxygen atoms in total.